The molecule has 2 nitrogen and oxygen atoms in total. The highest BCUT2D eigenvalue weighted by Crippen LogP contribution is 2.20. The van der Waals surface area contributed by atoms with E-state index < -0.39 is 0 Å². The van der Waals surface area contributed by atoms with Gasteiger partial charge in [-0.25, -0.2) is 0 Å². The maximum Gasteiger partial charge on any atom is 0.152 e. The lowest BCUT2D eigenvalue weighted by molar-refractivity contribution is -0.131. The van der Waals surface area contributed by atoms with E-state index in [1.54, 1.807) is 0 Å². The minimum atomic E-state index is 0.207. The van der Waals surface area contributed by atoms with Crippen LogP contribution in [0.5, 0.6) is 0 Å². The van der Waals surface area contributed by atoms with Crippen LogP contribution in [0.25, 0.3) is 0 Å². The summed E-state index contributed by atoms with van der Waals surface area (Å²) in [5.74, 6) is 0.739. The first-order chi connectivity index (χ1) is 5.70. The molecule has 2 atom stereocenters. The topological polar surface area (TPSA) is 20.3 Å². The van der Waals surface area contributed by atoms with Crippen LogP contribution in [-0.4, -0.2) is 29.8 Å². The molecule has 0 aliphatic carbocycles. The fraction of sp³-hybridized carbons (Fsp3) is 0.900. The minimum absolute atomic E-state index is 0.207. The number of carbonyl (C=O) groups is 1. The molecular weight excluding hydrogens is 150 g/mol. The van der Waals surface area contributed by atoms with E-state index in [2.05, 4.69) is 25.7 Å². The second kappa shape index (κ2) is 4.04. The second-order valence-electron chi connectivity index (χ2n) is 3.64. The molecule has 2 heteroatoms. The number of nitrogens with zero attached hydrogens (tertiary/aromatic N) is 1. The predicted octanol–water partition coefficient (Wildman–Crippen LogP) is 1.70. The fourth-order valence-corrected chi connectivity index (χ4v) is 2.00. The maximum atomic E-state index is 11.7. The standard InChI is InChI=1S/C10H19NO/c1-4-9-10(12)8(3)6-7-11(9)5-2/h8-9H,4-7H2,1-3H3/t8?,9-/m0/s1. The summed E-state index contributed by atoms with van der Waals surface area (Å²) >= 11 is 0. The van der Waals surface area contributed by atoms with Crippen molar-refractivity contribution in [3.63, 3.8) is 0 Å². The minimum Gasteiger partial charge on any atom is -0.298 e. The van der Waals surface area contributed by atoms with Gasteiger partial charge in [0.1, 0.15) is 0 Å². The number of hydrogen-bond donors (Lipinski definition) is 0. The summed E-state index contributed by atoms with van der Waals surface area (Å²) < 4.78 is 0. The molecule has 70 valence electrons. The highest BCUT2D eigenvalue weighted by molar-refractivity contribution is 5.86. The largest absolute Gasteiger partial charge is 0.298 e. The van der Waals surface area contributed by atoms with Crippen LogP contribution in [0.2, 0.25) is 0 Å². The average Bonchev–Trinajstić information content (AvgIpc) is 2.09. The molecule has 0 amide bonds. The maximum absolute atomic E-state index is 11.7. The molecule has 0 bridgehead atoms. The van der Waals surface area contributed by atoms with Gasteiger partial charge in [-0.3, -0.25) is 9.69 Å². The highest BCUT2D eigenvalue weighted by atomic mass is 16.1. The lowest BCUT2D eigenvalue weighted by Gasteiger charge is -2.35. The van der Waals surface area contributed by atoms with Crippen molar-refractivity contribution in [1.29, 1.82) is 0 Å². The van der Waals surface area contributed by atoms with E-state index in [4.69, 9.17) is 0 Å². The van der Waals surface area contributed by atoms with Gasteiger partial charge in [-0.05, 0) is 25.9 Å². The van der Waals surface area contributed by atoms with Gasteiger partial charge in [-0.1, -0.05) is 20.8 Å². The quantitative estimate of drug-likeness (QED) is 0.627. The number of likely N-dealkylation sites (N-methyl/N-ethyl adjacent to an activating group) is 1. The Kier molecular flexibility index (Phi) is 3.27. The lowest BCUT2D eigenvalue weighted by atomic mass is 9.89. The zero-order chi connectivity index (χ0) is 9.14. The third-order valence-electron chi connectivity index (χ3n) is 2.90. The van der Waals surface area contributed by atoms with Gasteiger partial charge >= 0.3 is 0 Å². The molecule has 0 aromatic rings. The van der Waals surface area contributed by atoms with Crippen LogP contribution in [-0.2, 0) is 4.79 Å². The first-order valence-electron chi connectivity index (χ1n) is 4.98. The third-order valence-corrected chi connectivity index (χ3v) is 2.90. The molecule has 1 aliphatic rings. The molecule has 1 fully saturated rings. The van der Waals surface area contributed by atoms with Gasteiger partial charge in [0.2, 0.25) is 0 Å². The first-order valence-corrected chi connectivity index (χ1v) is 4.98. The van der Waals surface area contributed by atoms with Gasteiger partial charge in [-0.2, -0.15) is 0 Å². The van der Waals surface area contributed by atoms with Crippen molar-refractivity contribution >= 4 is 5.78 Å². The molecule has 0 N–H and O–H groups in total. The van der Waals surface area contributed by atoms with Gasteiger partial charge in [0, 0.05) is 5.92 Å². The lowest BCUT2D eigenvalue weighted by Crippen LogP contribution is -2.48. The number of rotatable bonds is 2. The molecule has 12 heavy (non-hydrogen) atoms. The Labute approximate surface area is 74.9 Å². The summed E-state index contributed by atoms with van der Waals surface area (Å²) in [4.78, 5) is 14.0. The van der Waals surface area contributed by atoms with Crippen molar-refractivity contribution < 1.29 is 4.79 Å². The normalized spacial score (nSPS) is 32.4. The number of piperidine rings is 1. The van der Waals surface area contributed by atoms with Crippen LogP contribution in [0.4, 0.5) is 0 Å². The van der Waals surface area contributed by atoms with E-state index in [1.807, 2.05) is 0 Å². The SMILES string of the molecule is CC[C@H]1C(=O)C(C)CCN1CC. The van der Waals surface area contributed by atoms with Crippen LogP contribution >= 0.6 is 0 Å². The Balaban J connectivity index is 2.65. The molecule has 0 spiro atoms. The van der Waals surface area contributed by atoms with Crippen LogP contribution in [0.3, 0.4) is 0 Å². The summed E-state index contributed by atoms with van der Waals surface area (Å²) in [5.41, 5.74) is 0. The van der Waals surface area contributed by atoms with Crippen molar-refractivity contribution in [1.82, 2.24) is 4.90 Å². The first kappa shape index (κ1) is 9.72. The molecule has 0 aromatic carbocycles. The number of ketones is 1. The Morgan fingerprint density at radius 3 is 2.67 bits per heavy atom. The average molecular weight is 169 g/mol. The number of Topliss-reactive ketones (excluding diaryl/α,β-unsaturated/α-hetero) is 1. The Morgan fingerprint density at radius 2 is 2.17 bits per heavy atom. The monoisotopic (exact) mass is 169 g/mol. The molecular formula is C10H19NO. The van der Waals surface area contributed by atoms with Crippen molar-refractivity contribution in [2.24, 2.45) is 5.92 Å². The van der Waals surface area contributed by atoms with Crippen LogP contribution in [0.1, 0.15) is 33.6 Å². The van der Waals surface area contributed by atoms with Gasteiger partial charge in [-0.15, -0.1) is 0 Å². The van der Waals surface area contributed by atoms with Gasteiger partial charge in [0.15, 0.2) is 5.78 Å². The summed E-state index contributed by atoms with van der Waals surface area (Å²) in [6, 6.07) is 0.207. The number of hydrogen-bond acceptors (Lipinski definition) is 2. The van der Waals surface area contributed by atoms with E-state index in [0.29, 0.717) is 5.78 Å². The van der Waals surface area contributed by atoms with E-state index in [0.717, 1.165) is 25.9 Å². The zero-order valence-corrected chi connectivity index (χ0v) is 8.34. The molecule has 1 rings (SSSR count). The number of likely N-dealkylation sites (tertiary alicyclic amines) is 1. The van der Waals surface area contributed by atoms with Crippen LogP contribution < -0.4 is 0 Å². The summed E-state index contributed by atoms with van der Waals surface area (Å²) in [6.07, 6.45) is 2.01. The molecule has 1 unspecified atom stereocenters. The van der Waals surface area contributed by atoms with E-state index in [1.165, 1.54) is 0 Å². The van der Waals surface area contributed by atoms with Crippen molar-refractivity contribution in [3.05, 3.63) is 0 Å². The van der Waals surface area contributed by atoms with E-state index in [9.17, 15) is 4.79 Å². The van der Waals surface area contributed by atoms with E-state index in [-0.39, 0.29) is 12.0 Å². The Morgan fingerprint density at radius 1 is 1.50 bits per heavy atom. The Bertz CT molecular complexity index is 167. The smallest absolute Gasteiger partial charge is 0.152 e. The molecule has 1 saturated heterocycles. The fourth-order valence-electron chi connectivity index (χ4n) is 2.00. The predicted molar refractivity (Wildman–Crippen MR) is 50.1 cm³/mol. The summed E-state index contributed by atoms with van der Waals surface area (Å²) in [6.45, 7) is 8.39. The highest BCUT2D eigenvalue weighted by Gasteiger charge is 2.31. The van der Waals surface area contributed by atoms with Gasteiger partial charge < -0.3 is 0 Å². The molecule has 1 heterocycles. The molecule has 0 aromatic heterocycles. The molecule has 0 saturated carbocycles. The second-order valence-corrected chi connectivity index (χ2v) is 3.64. The zero-order valence-electron chi connectivity index (χ0n) is 8.34. The van der Waals surface area contributed by atoms with Gasteiger partial charge in [0.05, 0.1) is 6.04 Å². The van der Waals surface area contributed by atoms with Crippen molar-refractivity contribution in [2.45, 2.75) is 39.7 Å². The summed E-state index contributed by atoms with van der Waals surface area (Å²) in [5, 5.41) is 0. The third kappa shape index (κ3) is 1.69. The number of carbonyl (C=O) groups excluding carboxylic acids is 1. The van der Waals surface area contributed by atoms with Crippen molar-refractivity contribution in [2.75, 3.05) is 13.1 Å². The van der Waals surface area contributed by atoms with Crippen LogP contribution in [0.15, 0.2) is 0 Å². The summed E-state index contributed by atoms with van der Waals surface area (Å²) in [7, 11) is 0. The molecule has 0 radical (unpaired) electrons. The Hall–Kier alpha value is -0.370. The van der Waals surface area contributed by atoms with Crippen molar-refractivity contribution in [3.8, 4) is 0 Å². The van der Waals surface area contributed by atoms with E-state index >= 15 is 0 Å². The van der Waals surface area contributed by atoms with Gasteiger partial charge in [0.25, 0.3) is 0 Å². The van der Waals surface area contributed by atoms with Crippen LogP contribution in [0, 0.1) is 5.92 Å². The molecule has 1 aliphatic heterocycles.